The van der Waals surface area contributed by atoms with Crippen molar-refractivity contribution in [2.24, 2.45) is 0 Å². The second-order valence-corrected chi connectivity index (χ2v) is 5.22. The van der Waals surface area contributed by atoms with E-state index in [1.165, 1.54) is 10.8 Å². The minimum Gasteiger partial charge on any atom is -0.395 e. The minimum atomic E-state index is -1.07. The first kappa shape index (κ1) is 7.53. The second kappa shape index (κ2) is 3.01. The average Bonchev–Trinajstić information content (AvgIpc) is 2.12. The third kappa shape index (κ3) is 1.46. The molecular weight excluding hydrogens is 160 g/mol. The van der Waals surface area contributed by atoms with Crippen molar-refractivity contribution in [1.82, 2.24) is 0 Å². The summed E-state index contributed by atoms with van der Waals surface area (Å²) in [7, 11) is 0.126. The first-order chi connectivity index (χ1) is 4.25. The molecule has 1 unspecified atom stereocenters. The van der Waals surface area contributed by atoms with Gasteiger partial charge in [0, 0.05) is 5.75 Å². The van der Waals surface area contributed by atoms with Crippen LogP contribution in [0.1, 0.15) is 0 Å². The van der Waals surface area contributed by atoms with Crippen molar-refractivity contribution >= 4 is 20.6 Å². The maximum Gasteiger partial charge on any atom is 0.0947 e. The van der Waals surface area contributed by atoms with Crippen LogP contribution in [-0.2, 0) is 9.83 Å². The molecule has 1 fully saturated rings. The normalized spacial score (nSPS) is 43.6. The van der Waals surface area contributed by atoms with Gasteiger partial charge in [-0.3, -0.25) is 0 Å². The lowest BCUT2D eigenvalue weighted by Crippen LogP contribution is -2.27. The van der Waals surface area contributed by atoms with Crippen LogP contribution in [0.15, 0.2) is 0 Å². The fourth-order valence-electron chi connectivity index (χ4n) is 0.642. The highest BCUT2D eigenvalue weighted by Crippen LogP contribution is 2.25. The van der Waals surface area contributed by atoms with Crippen LogP contribution in [0.5, 0.6) is 0 Å². The van der Waals surface area contributed by atoms with Crippen molar-refractivity contribution in [3.8, 4) is 0 Å². The molecule has 0 aromatic heterocycles. The number of aliphatic hydroxyl groups excluding tert-OH is 2. The third-order valence-electron chi connectivity index (χ3n) is 1.21. The highest BCUT2D eigenvalue weighted by atomic mass is 33.1. The molecule has 0 radical (unpaired) electrons. The van der Waals surface area contributed by atoms with Crippen LogP contribution in [0.25, 0.3) is 0 Å². The minimum absolute atomic E-state index is 0.180. The molecule has 0 aromatic rings. The quantitative estimate of drug-likeness (QED) is 0.499. The first-order valence-electron chi connectivity index (χ1n) is 2.58. The van der Waals surface area contributed by atoms with Crippen LogP contribution in [0, 0.1) is 0 Å². The zero-order chi connectivity index (χ0) is 6.85. The van der Waals surface area contributed by atoms with Crippen LogP contribution < -0.4 is 0 Å². The van der Waals surface area contributed by atoms with Gasteiger partial charge in [-0.1, -0.05) is 10.8 Å². The molecule has 1 aliphatic rings. The Labute approximate surface area is 59.3 Å². The molecular formula is C4H8O3S2. The van der Waals surface area contributed by atoms with Gasteiger partial charge in [0.2, 0.25) is 0 Å². The second-order valence-electron chi connectivity index (χ2n) is 1.83. The standard InChI is InChI=1S/C4H8O3S2/c5-1-4-3(6)2-8-9(4)7/h3-6H,1-2H2/t3-,4-,9?/m0/s1. The molecule has 0 bridgehead atoms. The van der Waals surface area contributed by atoms with Gasteiger partial charge >= 0.3 is 0 Å². The van der Waals surface area contributed by atoms with Gasteiger partial charge in [0.05, 0.1) is 27.8 Å². The predicted octanol–water partition coefficient (Wildman–Crippen LogP) is -0.881. The average molecular weight is 168 g/mol. The lowest BCUT2D eigenvalue weighted by Gasteiger charge is -2.05. The van der Waals surface area contributed by atoms with Gasteiger partial charge in [0.25, 0.3) is 0 Å². The van der Waals surface area contributed by atoms with Gasteiger partial charge < -0.3 is 10.2 Å². The summed E-state index contributed by atoms with van der Waals surface area (Å²) in [5.41, 5.74) is 0. The van der Waals surface area contributed by atoms with Crippen molar-refractivity contribution < 1.29 is 14.4 Å². The van der Waals surface area contributed by atoms with E-state index in [1.807, 2.05) is 0 Å². The molecule has 9 heavy (non-hydrogen) atoms. The van der Waals surface area contributed by atoms with Gasteiger partial charge in [0.1, 0.15) is 0 Å². The molecule has 0 spiro atoms. The van der Waals surface area contributed by atoms with E-state index in [4.69, 9.17) is 10.2 Å². The number of rotatable bonds is 1. The Morgan fingerprint density at radius 1 is 1.78 bits per heavy atom. The molecule has 1 saturated heterocycles. The van der Waals surface area contributed by atoms with E-state index in [2.05, 4.69) is 0 Å². The fourth-order valence-corrected chi connectivity index (χ4v) is 3.83. The maximum atomic E-state index is 10.8. The molecule has 3 atom stereocenters. The molecule has 54 valence electrons. The molecule has 0 aromatic carbocycles. The molecule has 2 N–H and O–H groups in total. The summed E-state index contributed by atoms with van der Waals surface area (Å²) in [4.78, 5) is 0. The molecule has 3 nitrogen and oxygen atoms in total. The summed E-state index contributed by atoms with van der Waals surface area (Å²) in [6.07, 6.45) is -0.583. The Kier molecular flexibility index (Phi) is 2.51. The predicted molar refractivity (Wildman–Crippen MR) is 37.5 cm³/mol. The van der Waals surface area contributed by atoms with Crippen molar-refractivity contribution in [3.63, 3.8) is 0 Å². The Hall–Kier alpha value is 0.420. The van der Waals surface area contributed by atoms with E-state index in [0.29, 0.717) is 5.75 Å². The van der Waals surface area contributed by atoms with Crippen LogP contribution in [-0.4, -0.2) is 38.1 Å². The molecule has 0 saturated carbocycles. The summed E-state index contributed by atoms with van der Waals surface area (Å²) in [5, 5.41) is 17.1. The van der Waals surface area contributed by atoms with E-state index in [0.717, 1.165) is 0 Å². The van der Waals surface area contributed by atoms with Crippen LogP contribution >= 0.6 is 10.8 Å². The fraction of sp³-hybridized carbons (Fsp3) is 1.00. The van der Waals surface area contributed by atoms with Gasteiger partial charge in [-0.2, -0.15) is 0 Å². The highest BCUT2D eigenvalue weighted by molar-refractivity contribution is 8.69. The van der Waals surface area contributed by atoms with Crippen molar-refractivity contribution in [3.05, 3.63) is 0 Å². The highest BCUT2D eigenvalue weighted by Gasteiger charge is 2.32. The first-order valence-corrected chi connectivity index (χ1v) is 5.30. The van der Waals surface area contributed by atoms with Crippen molar-refractivity contribution in [2.45, 2.75) is 11.4 Å². The van der Waals surface area contributed by atoms with E-state index in [9.17, 15) is 4.21 Å². The van der Waals surface area contributed by atoms with Crippen molar-refractivity contribution in [2.75, 3.05) is 12.4 Å². The number of aliphatic hydroxyl groups is 2. The zero-order valence-electron chi connectivity index (χ0n) is 4.69. The van der Waals surface area contributed by atoms with Crippen LogP contribution in [0.3, 0.4) is 0 Å². The molecule has 0 amide bonds. The van der Waals surface area contributed by atoms with E-state index >= 15 is 0 Å². The van der Waals surface area contributed by atoms with Gasteiger partial charge in [0.15, 0.2) is 0 Å². The Bertz CT molecular complexity index is 127. The Morgan fingerprint density at radius 2 is 2.44 bits per heavy atom. The number of hydrogen-bond acceptors (Lipinski definition) is 4. The molecule has 1 rings (SSSR count). The molecule has 5 heteroatoms. The van der Waals surface area contributed by atoms with Crippen LogP contribution in [0.2, 0.25) is 0 Å². The SMILES string of the molecule is O=S1SC[C@H](O)[C@@H]1CO. The largest absolute Gasteiger partial charge is 0.395 e. The van der Waals surface area contributed by atoms with E-state index in [-0.39, 0.29) is 6.61 Å². The Morgan fingerprint density at radius 3 is 2.67 bits per heavy atom. The van der Waals surface area contributed by atoms with E-state index in [1.54, 1.807) is 0 Å². The van der Waals surface area contributed by atoms with Crippen molar-refractivity contribution in [1.29, 1.82) is 0 Å². The van der Waals surface area contributed by atoms with Crippen LogP contribution in [0.4, 0.5) is 0 Å². The lowest BCUT2D eigenvalue weighted by atomic mass is 10.3. The summed E-state index contributed by atoms with van der Waals surface area (Å²) >= 11 is 0. The zero-order valence-corrected chi connectivity index (χ0v) is 6.32. The summed E-state index contributed by atoms with van der Waals surface area (Å²) in [6, 6.07) is 0. The molecule has 1 heterocycles. The molecule has 0 aliphatic carbocycles. The summed E-state index contributed by atoms with van der Waals surface area (Å²) in [6.45, 7) is -0.180. The van der Waals surface area contributed by atoms with Gasteiger partial charge in [-0.15, -0.1) is 0 Å². The monoisotopic (exact) mass is 168 g/mol. The topological polar surface area (TPSA) is 57.5 Å². The van der Waals surface area contributed by atoms with Gasteiger partial charge in [-0.25, -0.2) is 4.21 Å². The summed E-state index contributed by atoms with van der Waals surface area (Å²) in [5.74, 6) is 0.484. The Balaban J connectivity index is 2.55. The summed E-state index contributed by atoms with van der Waals surface area (Å²) < 4.78 is 10.8. The lowest BCUT2D eigenvalue weighted by molar-refractivity contribution is 0.161. The van der Waals surface area contributed by atoms with E-state index < -0.39 is 21.2 Å². The maximum absolute atomic E-state index is 10.8. The van der Waals surface area contributed by atoms with Gasteiger partial charge in [-0.05, 0) is 0 Å². The molecule has 1 aliphatic heterocycles. The number of hydrogen-bond donors (Lipinski definition) is 2. The third-order valence-corrected chi connectivity index (χ3v) is 4.73. The smallest absolute Gasteiger partial charge is 0.0947 e.